The predicted molar refractivity (Wildman–Crippen MR) is 67.0 cm³/mol. The van der Waals surface area contributed by atoms with E-state index in [9.17, 15) is 4.79 Å². The molecule has 1 atom stereocenters. The Labute approximate surface area is 107 Å². The van der Waals surface area contributed by atoms with Gasteiger partial charge >= 0.3 is 0 Å². The molecular formula is C12H20N4O2. The molecule has 0 radical (unpaired) electrons. The Morgan fingerprint density at radius 3 is 3.00 bits per heavy atom. The first-order valence-electron chi connectivity index (χ1n) is 6.06. The van der Waals surface area contributed by atoms with Gasteiger partial charge in [-0.1, -0.05) is 0 Å². The smallest absolute Gasteiger partial charge is 0.237 e. The number of rotatable bonds is 3. The Hall–Kier alpha value is -1.40. The van der Waals surface area contributed by atoms with Crippen LogP contribution in [0.4, 0.5) is 0 Å². The summed E-state index contributed by atoms with van der Waals surface area (Å²) in [5, 5.41) is 4.26. The van der Waals surface area contributed by atoms with Crippen molar-refractivity contribution in [2.75, 3.05) is 34.3 Å². The molecule has 0 aromatic carbocycles. The second-order valence-electron chi connectivity index (χ2n) is 4.87. The van der Waals surface area contributed by atoms with E-state index in [1.54, 1.807) is 13.3 Å². The van der Waals surface area contributed by atoms with Gasteiger partial charge in [0.25, 0.3) is 0 Å². The van der Waals surface area contributed by atoms with E-state index >= 15 is 0 Å². The Morgan fingerprint density at radius 1 is 1.56 bits per heavy atom. The van der Waals surface area contributed by atoms with Crippen molar-refractivity contribution in [2.24, 2.45) is 0 Å². The molecule has 0 bridgehead atoms. The normalized spacial score (nSPS) is 19.8. The summed E-state index contributed by atoms with van der Waals surface area (Å²) in [4.78, 5) is 15.9. The highest BCUT2D eigenvalue weighted by molar-refractivity contribution is 5.78. The lowest BCUT2D eigenvalue weighted by Gasteiger charge is -2.24. The lowest BCUT2D eigenvalue weighted by molar-refractivity contribution is -0.134. The summed E-state index contributed by atoms with van der Waals surface area (Å²) in [5.41, 5.74) is 1.06. The van der Waals surface area contributed by atoms with Crippen LogP contribution >= 0.6 is 0 Å². The number of aromatic nitrogens is 2. The van der Waals surface area contributed by atoms with Gasteiger partial charge in [-0.3, -0.25) is 9.48 Å². The topological polar surface area (TPSA) is 50.6 Å². The molecule has 18 heavy (non-hydrogen) atoms. The Bertz CT molecular complexity index is 416. The zero-order valence-electron chi connectivity index (χ0n) is 11.2. The number of carbonyl (C=O) groups excluding carboxylic acids is 1. The third-order valence-electron chi connectivity index (χ3n) is 3.10. The number of hydrogen-bond donors (Lipinski definition) is 0. The van der Waals surface area contributed by atoms with Crippen molar-refractivity contribution < 1.29 is 9.53 Å². The van der Waals surface area contributed by atoms with Crippen molar-refractivity contribution in [1.82, 2.24) is 19.6 Å². The molecule has 1 aromatic rings. The van der Waals surface area contributed by atoms with Crippen LogP contribution in [0.3, 0.4) is 0 Å². The van der Waals surface area contributed by atoms with Crippen molar-refractivity contribution in [3.05, 3.63) is 18.0 Å². The first kappa shape index (κ1) is 13.0. The van der Waals surface area contributed by atoms with E-state index in [0.29, 0.717) is 26.2 Å². The maximum atomic E-state index is 12.2. The first-order valence-corrected chi connectivity index (χ1v) is 6.06. The summed E-state index contributed by atoms with van der Waals surface area (Å²) in [7, 11) is 5.47. The number of ether oxygens (including phenoxy) is 1. The van der Waals surface area contributed by atoms with Crippen LogP contribution in [-0.2, 0) is 22.6 Å². The predicted octanol–water partition coefficient (Wildman–Crippen LogP) is -0.198. The molecule has 0 spiro atoms. The second-order valence-corrected chi connectivity index (χ2v) is 4.87. The molecule has 0 saturated carbocycles. The molecule has 1 amide bonds. The Kier molecular flexibility index (Phi) is 3.98. The third-order valence-corrected chi connectivity index (χ3v) is 3.10. The van der Waals surface area contributed by atoms with E-state index in [2.05, 4.69) is 5.10 Å². The standard InChI is InChI=1S/C12H20N4O2/c1-14(2)9-12(17)15-6-10-4-5-13-16(10)8-11(7-15)18-3/h4-5,11H,6-9H2,1-3H3/t11-/m0/s1. The highest BCUT2D eigenvalue weighted by Crippen LogP contribution is 2.13. The summed E-state index contributed by atoms with van der Waals surface area (Å²) in [6.45, 7) is 2.34. The van der Waals surface area contributed by atoms with E-state index in [1.165, 1.54) is 0 Å². The van der Waals surface area contributed by atoms with Gasteiger partial charge in [0.2, 0.25) is 5.91 Å². The van der Waals surface area contributed by atoms with Crippen LogP contribution in [0.5, 0.6) is 0 Å². The summed E-state index contributed by atoms with van der Waals surface area (Å²) in [6, 6.07) is 1.95. The zero-order valence-corrected chi connectivity index (χ0v) is 11.2. The molecule has 1 aromatic heterocycles. The van der Waals surface area contributed by atoms with E-state index in [0.717, 1.165) is 5.69 Å². The molecule has 1 aliphatic heterocycles. The fraction of sp³-hybridized carbons (Fsp3) is 0.667. The number of fused-ring (bicyclic) bond motifs is 1. The summed E-state index contributed by atoms with van der Waals surface area (Å²) in [5.74, 6) is 0.122. The van der Waals surface area contributed by atoms with Crippen molar-refractivity contribution in [1.29, 1.82) is 0 Å². The quantitative estimate of drug-likeness (QED) is 0.747. The number of nitrogens with zero attached hydrogens (tertiary/aromatic N) is 4. The van der Waals surface area contributed by atoms with Crippen LogP contribution in [0, 0.1) is 0 Å². The van der Waals surface area contributed by atoms with Crippen LogP contribution in [0.15, 0.2) is 12.3 Å². The minimum absolute atomic E-state index is 0.00253. The van der Waals surface area contributed by atoms with Crippen molar-refractivity contribution >= 4 is 5.91 Å². The second kappa shape index (κ2) is 5.49. The lowest BCUT2D eigenvalue weighted by Crippen LogP contribution is -2.41. The highest BCUT2D eigenvalue weighted by atomic mass is 16.5. The van der Waals surface area contributed by atoms with Gasteiger partial charge in [-0.15, -0.1) is 0 Å². The third kappa shape index (κ3) is 2.88. The van der Waals surface area contributed by atoms with E-state index < -0.39 is 0 Å². The van der Waals surface area contributed by atoms with Crippen LogP contribution < -0.4 is 0 Å². The lowest BCUT2D eigenvalue weighted by atomic mass is 10.3. The average Bonchev–Trinajstić information content (AvgIpc) is 2.65. The molecule has 0 unspecified atom stereocenters. The van der Waals surface area contributed by atoms with E-state index in [-0.39, 0.29) is 12.0 Å². The van der Waals surface area contributed by atoms with Crippen LogP contribution in [-0.4, -0.2) is 65.9 Å². The van der Waals surface area contributed by atoms with Gasteiger partial charge in [0.1, 0.15) is 0 Å². The molecule has 0 aliphatic carbocycles. The number of likely N-dealkylation sites (N-methyl/N-ethyl adjacent to an activating group) is 1. The maximum Gasteiger partial charge on any atom is 0.237 e. The molecule has 2 rings (SSSR count). The number of amides is 1. The van der Waals surface area contributed by atoms with E-state index in [1.807, 2.05) is 34.6 Å². The van der Waals surface area contributed by atoms with Crippen molar-refractivity contribution in [3.63, 3.8) is 0 Å². The Morgan fingerprint density at radius 2 is 2.33 bits per heavy atom. The molecule has 0 fully saturated rings. The molecule has 2 heterocycles. The first-order chi connectivity index (χ1) is 8.60. The van der Waals surface area contributed by atoms with Gasteiger partial charge in [0.05, 0.1) is 31.4 Å². The van der Waals surface area contributed by atoms with Gasteiger partial charge in [-0.05, 0) is 20.2 Å². The molecular weight excluding hydrogens is 232 g/mol. The highest BCUT2D eigenvalue weighted by Gasteiger charge is 2.25. The van der Waals surface area contributed by atoms with Crippen molar-refractivity contribution in [3.8, 4) is 0 Å². The molecule has 6 nitrogen and oxygen atoms in total. The average molecular weight is 252 g/mol. The largest absolute Gasteiger partial charge is 0.378 e. The monoisotopic (exact) mass is 252 g/mol. The number of methoxy groups -OCH3 is 1. The SMILES string of the molecule is CO[C@H]1CN(C(=O)CN(C)C)Cc2ccnn2C1. The molecule has 0 N–H and O–H groups in total. The van der Waals surface area contributed by atoms with Gasteiger partial charge in [0, 0.05) is 19.9 Å². The summed E-state index contributed by atoms with van der Waals surface area (Å²) >= 11 is 0. The van der Waals surface area contributed by atoms with Gasteiger partial charge < -0.3 is 14.5 Å². The van der Waals surface area contributed by atoms with Crippen LogP contribution in [0.25, 0.3) is 0 Å². The van der Waals surface area contributed by atoms with Gasteiger partial charge in [0.15, 0.2) is 0 Å². The molecule has 6 heteroatoms. The minimum atomic E-state index is -0.00253. The number of carbonyl (C=O) groups is 1. The summed E-state index contributed by atoms with van der Waals surface area (Å²) in [6.07, 6.45) is 1.76. The van der Waals surface area contributed by atoms with E-state index in [4.69, 9.17) is 4.74 Å². The van der Waals surface area contributed by atoms with Crippen LogP contribution in [0.1, 0.15) is 5.69 Å². The number of hydrogen-bond acceptors (Lipinski definition) is 4. The molecule has 1 aliphatic rings. The van der Waals surface area contributed by atoms with Crippen molar-refractivity contribution in [2.45, 2.75) is 19.2 Å². The fourth-order valence-corrected chi connectivity index (χ4v) is 2.12. The van der Waals surface area contributed by atoms with Gasteiger partial charge in [-0.25, -0.2) is 0 Å². The van der Waals surface area contributed by atoms with Gasteiger partial charge in [-0.2, -0.15) is 5.10 Å². The summed E-state index contributed by atoms with van der Waals surface area (Å²) < 4.78 is 7.33. The van der Waals surface area contributed by atoms with Crippen LogP contribution in [0.2, 0.25) is 0 Å². The Balaban J connectivity index is 2.14. The maximum absolute atomic E-state index is 12.2. The zero-order chi connectivity index (χ0) is 13.1. The fourth-order valence-electron chi connectivity index (χ4n) is 2.12. The molecule has 100 valence electrons. The minimum Gasteiger partial charge on any atom is -0.378 e. The molecule has 0 saturated heterocycles.